The van der Waals surface area contributed by atoms with E-state index in [2.05, 4.69) is 52.8 Å². The molecule has 3 rings (SSSR count). The summed E-state index contributed by atoms with van der Waals surface area (Å²) < 4.78 is 32.2. The summed E-state index contributed by atoms with van der Waals surface area (Å²) in [5.74, 6) is 0.155. The number of carbonyl (C=O) groups excluding carboxylic acids is 3. The van der Waals surface area contributed by atoms with E-state index in [1.807, 2.05) is 24.3 Å². The highest BCUT2D eigenvalue weighted by Crippen LogP contribution is 2.44. The summed E-state index contributed by atoms with van der Waals surface area (Å²) >= 11 is 4.01. The zero-order valence-electron chi connectivity index (χ0n) is 24.9. The number of alkyl carbamates (subject to hydrolysis) is 1. The highest BCUT2D eigenvalue weighted by Gasteiger charge is 2.28. The maximum absolute atomic E-state index is 12.2. The highest BCUT2D eigenvalue weighted by molar-refractivity contribution is 7.80. The average Bonchev–Trinajstić information content (AvgIpc) is 3.36. The number of fused-ring (bicyclic) bond motifs is 3. The van der Waals surface area contributed by atoms with E-state index in [1.165, 1.54) is 22.3 Å². The van der Waals surface area contributed by atoms with Gasteiger partial charge in [-0.05, 0) is 22.3 Å². The summed E-state index contributed by atoms with van der Waals surface area (Å²) in [4.78, 5) is 35.3. The van der Waals surface area contributed by atoms with E-state index in [9.17, 15) is 14.4 Å². The van der Waals surface area contributed by atoms with Crippen LogP contribution >= 0.6 is 12.6 Å². The lowest BCUT2D eigenvalue weighted by Crippen LogP contribution is -2.31. The molecule has 12 nitrogen and oxygen atoms in total. The monoisotopic (exact) mass is 633 g/mol. The molecule has 0 spiro atoms. The molecule has 0 aliphatic heterocycles. The van der Waals surface area contributed by atoms with Crippen LogP contribution in [0.25, 0.3) is 11.1 Å². The van der Waals surface area contributed by atoms with Crippen LogP contribution in [0.2, 0.25) is 0 Å². The van der Waals surface area contributed by atoms with Gasteiger partial charge in [0.2, 0.25) is 11.8 Å². The number of hydrogen-bond acceptors (Lipinski definition) is 10. The summed E-state index contributed by atoms with van der Waals surface area (Å²) in [7, 11) is 0. The van der Waals surface area contributed by atoms with E-state index in [1.54, 1.807) is 0 Å². The molecule has 3 N–H and O–H groups in total. The van der Waals surface area contributed by atoms with Crippen molar-refractivity contribution in [2.24, 2.45) is 0 Å². The van der Waals surface area contributed by atoms with Gasteiger partial charge in [0, 0.05) is 31.3 Å². The van der Waals surface area contributed by atoms with E-state index >= 15 is 0 Å². The van der Waals surface area contributed by atoms with Crippen molar-refractivity contribution in [2.45, 2.75) is 5.92 Å². The first-order valence-corrected chi connectivity index (χ1v) is 15.3. The summed E-state index contributed by atoms with van der Waals surface area (Å²) in [5, 5.41) is 8.05. The number of ether oxygens (including phenoxy) is 6. The lowest BCUT2D eigenvalue weighted by Gasteiger charge is -2.14. The number of hydrogen-bond donors (Lipinski definition) is 4. The number of carbonyl (C=O) groups is 3. The Labute approximate surface area is 263 Å². The first kappa shape index (κ1) is 35.3. The average molecular weight is 634 g/mol. The van der Waals surface area contributed by atoms with Crippen LogP contribution in [0, 0.1) is 0 Å². The van der Waals surface area contributed by atoms with Crippen LogP contribution in [0.1, 0.15) is 17.0 Å². The second-order valence-corrected chi connectivity index (χ2v) is 10.1. The predicted molar refractivity (Wildman–Crippen MR) is 167 cm³/mol. The topological polar surface area (TPSA) is 143 Å². The Hall–Kier alpha value is -3.20. The van der Waals surface area contributed by atoms with E-state index in [4.69, 9.17) is 28.4 Å². The Morgan fingerprint density at radius 3 is 1.59 bits per heavy atom. The van der Waals surface area contributed by atoms with E-state index in [0.29, 0.717) is 65.0 Å². The molecule has 0 unspecified atom stereocenters. The van der Waals surface area contributed by atoms with Crippen LogP contribution < -0.4 is 16.0 Å². The zero-order valence-corrected chi connectivity index (χ0v) is 25.8. The van der Waals surface area contributed by atoms with Crippen LogP contribution in [-0.2, 0) is 38.0 Å². The summed E-state index contributed by atoms with van der Waals surface area (Å²) in [6.07, 6.45) is -0.480. The minimum atomic E-state index is -0.480. The van der Waals surface area contributed by atoms with Gasteiger partial charge in [-0.3, -0.25) is 9.59 Å². The van der Waals surface area contributed by atoms with Crippen LogP contribution in [-0.4, -0.2) is 116 Å². The van der Waals surface area contributed by atoms with E-state index in [0.717, 1.165) is 0 Å². The molecule has 1 aliphatic carbocycles. The maximum atomic E-state index is 12.2. The molecule has 2 aromatic carbocycles. The lowest BCUT2D eigenvalue weighted by atomic mass is 9.98. The molecule has 1 aliphatic rings. The van der Waals surface area contributed by atoms with Crippen molar-refractivity contribution >= 4 is 30.5 Å². The second kappa shape index (κ2) is 21.5. The molecule has 0 saturated carbocycles. The van der Waals surface area contributed by atoms with Gasteiger partial charge in [0.05, 0.1) is 52.9 Å². The number of benzene rings is 2. The van der Waals surface area contributed by atoms with Crippen molar-refractivity contribution < 1.29 is 42.8 Å². The zero-order chi connectivity index (χ0) is 31.2. The normalized spacial score (nSPS) is 11.9. The van der Waals surface area contributed by atoms with E-state index < -0.39 is 6.09 Å². The fourth-order valence-corrected chi connectivity index (χ4v) is 4.54. The Kier molecular flexibility index (Phi) is 17.2. The minimum absolute atomic E-state index is 0.0197. The van der Waals surface area contributed by atoms with Crippen molar-refractivity contribution in [3.63, 3.8) is 0 Å². The standard InChI is InChI=1S/C31H43N3O9S/c35-29(22-41-18-16-40-17-19-42-23-30(36)33-11-20-44)32-9-12-38-14-15-39-13-10-34-31(37)43-21-28-26-7-3-1-5-24(26)25-6-2-4-8-27(25)28/h1-8,28,44H,9-23H2,(H,32,35)(H,33,36)(H,34,37). The van der Waals surface area contributed by atoms with Crippen molar-refractivity contribution in [1.82, 2.24) is 16.0 Å². The SMILES string of the molecule is O=C(COCCOCCOCC(=O)NCCOCCOCCNC(=O)OCC1c2ccccc2-c2ccccc21)NCCS. The Morgan fingerprint density at radius 2 is 1.05 bits per heavy atom. The molecule has 0 bridgehead atoms. The third-order valence-corrected chi connectivity index (χ3v) is 6.67. The predicted octanol–water partition coefficient (Wildman–Crippen LogP) is 1.77. The molecule has 2 aromatic rings. The Bertz CT molecular complexity index is 1110. The quantitative estimate of drug-likeness (QED) is 0.106. The molecule has 13 heteroatoms. The van der Waals surface area contributed by atoms with Crippen molar-refractivity contribution in [1.29, 1.82) is 0 Å². The Balaban J connectivity index is 1.07. The molecule has 242 valence electrons. The fourth-order valence-electron chi connectivity index (χ4n) is 4.42. The van der Waals surface area contributed by atoms with Crippen LogP contribution in [0.4, 0.5) is 4.79 Å². The first-order chi connectivity index (χ1) is 21.6. The second-order valence-electron chi connectivity index (χ2n) is 9.62. The Morgan fingerprint density at radius 1 is 0.591 bits per heavy atom. The summed E-state index contributed by atoms with van der Waals surface area (Å²) in [6, 6.07) is 16.4. The van der Waals surface area contributed by atoms with Gasteiger partial charge < -0.3 is 44.4 Å². The molecule has 0 heterocycles. The molecule has 0 aromatic heterocycles. The van der Waals surface area contributed by atoms with Gasteiger partial charge in [-0.1, -0.05) is 48.5 Å². The highest BCUT2D eigenvalue weighted by atomic mass is 32.1. The van der Waals surface area contributed by atoms with E-state index in [-0.39, 0.29) is 50.8 Å². The number of rotatable bonds is 23. The largest absolute Gasteiger partial charge is 0.449 e. The van der Waals surface area contributed by atoms with Gasteiger partial charge in [-0.15, -0.1) is 0 Å². The van der Waals surface area contributed by atoms with Crippen molar-refractivity contribution in [2.75, 3.05) is 98.1 Å². The maximum Gasteiger partial charge on any atom is 0.407 e. The van der Waals surface area contributed by atoms with Crippen LogP contribution in [0.15, 0.2) is 48.5 Å². The molecular weight excluding hydrogens is 590 g/mol. The molecular formula is C31H43N3O9S. The van der Waals surface area contributed by atoms with Gasteiger partial charge in [-0.2, -0.15) is 12.6 Å². The fraction of sp³-hybridized carbons (Fsp3) is 0.516. The summed E-state index contributed by atoms with van der Waals surface area (Å²) in [5.41, 5.74) is 4.71. The molecule has 0 saturated heterocycles. The van der Waals surface area contributed by atoms with Crippen molar-refractivity contribution in [3.8, 4) is 11.1 Å². The molecule has 3 amide bonds. The number of nitrogens with one attached hydrogen (secondary N) is 3. The van der Waals surface area contributed by atoms with Gasteiger partial charge in [0.15, 0.2) is 0 Å². The number of thiol groups is 1. The lowest BCUT2D eigenvalue weighted by molar-refractivity contribution is -0.126. The molecule has 0 fully saturated rings. The third-order valence-electron chi connectivity index (χ3n) is 6.44. The van der Waals surface area contributed by atoms with Gasteiger partial charge in [0.1, 0.15) is 19.8 Å². The number of amides is 3. The molecule has 0 atom stereocenters. The summed E-state index contributed by atoms with van der Waals surface area (Å²) in [6.45, 7) is 3.91. The van der Waals surface area contributed by atoms with Crippen LogP contribution in [0.3, 0.4) is 0 Å². The molecule has 44 heavy (non-hydrogen) atoms. The molecule has 0 radical (unpaired) electrons. The van der Waals surface area contributed by atoms with Crippen molar-refractivity contribution in [3.05, 3.63) is 59.7 Å². The van der Waals surface area contributed by atoms with Gasteiger partial charge in [-0.25, -0.2) is 4.79 Å². The van der Waals surface area contributed by atoms with Crippen LogP contribution in [0.5, 0.6) is 0 Å². The third kappa shape index (κ3) is 13.2. The van der Waals surface area contributed by atoms with Gasteiger partial charge >= 0.3 is 6.09 Å². The minimum Gasteiger partial charge on any atom is -0.449 e. The first-order valence-electron chi connectivity index (χ1n) is 14.7. The smallest absolute Gasteiger partial charge is 0.407 e. The van der Waals surface area contributed by atoms with Gasteiger partial charge in [0.25, 0.3) is 0 Å².